The maximum Gasteiger partial charge on any atom is 0.407 e. The van der Waals surface area contributed by atoms with Gasteiger partial charge >= 0.3 is 47.9 Å². The second kappa shape index (κ2) is 86.3. The molecule has 2 atom stereocenters. The maximum atomic E-state index is 13.3. The van der Waals surface area contributed by atoms with Crippen LogP contribution in [0.3, 0.4) is 0 Å². The van der Waals surface area contributed by atoms with E-state index in [0.29, 0.717) is 77.8 Å². The molecule has 141 heavy (non-hydrogen) atoms. The van der Waals surface area contributed by atoms with E-state index < -0.39 is 123 Å². The van der Waals surface area contributed by atoms with Crippen LogP contribution in [0.2, 0.25) is 0 Å². The number of aliphatic hydroxyl groups is 1. The van der Waals surface area contributed by atoms with E-state index in [4.69, 9.17) is 47.7 Å². The predicted molar refractivity (Wildman–Crippen MR) is 540 cm³/mol. The topological polar surface area (TPSA) is 493 Å². The van der Waals surface area contributed by atoms with Crippen LogP contribution in [0, 0.1) is 21.7 Å². The number of rotatable bonds is 46. The molecule has 4 fully saturated rings. The van der Waals surface area contributed by atoms with Gasteiger partial charge in [-0.2, -0.15) is 0 Å². The first kappa shape index (κ1) is 140. The van der Waals surface area contributed by atoms with Gasteiger partial charge in [0.1, 0.15) is 63.7 Å². The van der Waals surface area contributed by atoms with Crippen LogP contribution >= 0.6 is 0 Å². The molecule has 6 N–H and O–H groups in total. The molecule has 4 rings (SSSR count). The summed E-state index contributed by atoms with van der Waals surface area (Å²) < 4.78 is 47.2. The molecule has 0 radical (unpaired) electrons. The third-order valence-corrected chi connectivity index (χ3v) is 18.8. The number of likely N-dealkylation sites (tertiary alicyclic amines) is 2. The minimum absolute atomic E-state index is 0.00306. The summed E-state index contributed by atoms with van der Waals surface area (Å²) in [5.41, 5.74) is -3.85. The molecule has 0 spiro atoms. The zero-order valence-corrected chi connectivity index (χ0v) is 85.5. The number of carbonyl (C=O) groups excluding carboxylic acids is 18. The highest BCUT2D eigenvalue weighted by Crippen LogP contribution is 2.48. The standard InChI is InChI=1S/C41H55NO16.C8H16N2O.C8H13NO.C7H11NO2.C7H13NO.C6H9NO.C6H11NO.C5H9NO2.2C5H9NO.C3H5NO/c1-10-30(43)51-21-40(22-52-31(44)11-2,23-53-32(45)12-3)27-57-36(49)16-17-39(9)19-29(18-38(7,8)20-39)42-37(50)58-28-41(24-54-33(46)13-4,25-55-34(47)14-5)26-56-35(48)15-6;1-4-8(11)9-6-5-7-10(2)3;1-2-9-7-5-3-4-6-8(9)10;1-2-7(9)8-3-5-10-6-4-8;1-4-7(9)8(5-2)6-3;1-2-7-5-3-4-6(7)8;1-4-6(8)7-5(2)3;1-2-5(8)6-3-4-7;1-4-5(7)6(2)3;1-4-6(3)5(2)7;1-2-4-3-5/h10-15,29H,1-6,16-28H2,7-9H3,(H,42,50);4H,1,5-7H2,2-3H3,(H,9,11);2H,1,3-7H2;2H,1,3-6H2;4H,1,5-6H2,2-3H3;2H,1,3-5H2;4-5H,1H2,2-3H3,(H,7,8);2,7H,1,3-4H2,(H,6,8);2*4H,1H2,2-3H3;2-3H,1H2,(H,4,5). The first-order valence-electron chi connectivity index (χ1n) is 45.0. The Morgan fingerprint density at radius 2 is 0.915 bits per heavy atom. The fourth-order valence-corrected chi connectivity index (χ4v) is 11.5. The highest BCUT2D eigenvalue weighted by Gasteiger charge is 2.44. The molecule has 0 bridgehead atoms. The molecule has 40 nitrogen and oxygen atoms in total. The van der Waals surface area contributed by atoms with Crippen LogP contribution in [0.5, 0.6) is 0 Å². The summed E-state index contributed by atoms with van der Waals surface area (Å²) in [5, 5.41) is 20.9. The molecule has 3 saturated heterocycles. The number of alkyl carbamates (subject to hydrolysis) is 1. The zero-order valence-electron chi connectivity index (χ0n) is 85.5. The van der Waals surface area contributed by atoms with Crippen molar-refractivity contribution < 1.29 is 134 Å². The summed E-state index contributed by atoms with van der Waals surface area (Å²) in [6.45, 7) is 72.9. The number of hydrogen-bond donors (Lipinski definition) is 6. The number of esters is 7. The number of morpholine rings is 1. The van der Waals surface area contributed by atoms with E-state index in [0.717, 1.165) is 107 Å². The molecule has 0 aromatic heterocycles. The van der Waals surface area contributed by atoms with E-state index in [2.05, 4.69) is 137 Å². The lowest BCUT2D eigenvalue weighted by Gasteiger charge is -2.47. The number of amides is 11. The van der Waals surface area contributed by atoms with Crippen molar-refractivity contribution in [2.45, 2.75) is 145 Å². The van der Waals surface area contributed by atoms with Gasteiger partial charge in [0, 0.05) is 148 Å². The van der Waals surface area contributed by atoms with E-state index in [-0.39, 0.29) is 77.6 Å². The lowest BCUT2D eigenvalue weighted by Crippen LogP contribution is -2.49. The van der Waals surface area contributed by atoms with E-state index in [1.54, 1.807) is 53.1 Å². The van der Waals surface area contributed by atoms with Crippen LogP contribution in [0.1, 0.15) is 132 Å². The molecule has 4 aliphatic rings. The Morgan fingerprint density at radius 1 is 0.511 bits per heavy atom. The zero-order chi connectivity index (χ0) is 110. The van der Waals surface area contributed by atoms with Gasteiger partial charge in [-0.3, -0.25) is 52.7 Å². The Hall–Kier alpha value is -14.0. The number of nitrogens with zero attached hydrogens (tertiary/aromatic N) is 7. The van der Waals surface area contributed by atoms with Crippen LogP contribution in [-0.4, -0.2) is 326 Å². The highest BCUT2D eigenvalue weighted by atomic mass is 16.6. The second-order valence-corrected chi connectivity index (χ2v) is 32.3. The van der Waals surface area contributed by atoms with Crippen LogP contribution < -0.4 is 26.6 Å². The molecule has 1 saturated carbocycles. The molecule has 2 unspecified atom stereocenters. The van der Waals surface area contributed by atoms with Gasteiger partial charge in [0.05, 0.1) is 19.8 Å². The molecule has 3 heterocycles. The van der Waals surface area contributed by atoms with Crippen molar-refractivity contribution in [1.29, 1.82) is 0 Å². The summed E-state index contributed by atoms with van der Waals surface area (Å²) in [5.74, 6) is -5.66. The summed E-state index contributed by atoms with van der Waals surface area (Å²) in [4.78, 5) is 214. The Morgan fingerprint density at radius 3 is 1.21 bits per heavy atom. The Kier molecular flexibility index (Phi) is 85.7. The van der Waals surface area contributed by atoms with Gasteiger partial charge < -0.3 is 109 Å². The highest BCUT2D eigenvalue weighted by molar-refractivity contribution is 5.90. The van der Waals surface area contributed by atoms with Crippen LogP contribution in [0.15, 0.2) is 203 Å². The van der Waals surface area contributed by atoms with Gasteiger partial charge in [0.25, 0.3) is 0 Å². The van der Waals surface area contributed by atoms with Gasteiger partial charge in [-0.15, -0.1) is 0 Å². The van der Waals surface area contributed by atoms with E-state index in [1.165, 1.54) is 65.9 Å². The van der Waals surface area contributed by atoms with Crippen molar-refractivity contribution >= 4 is 107 Å². The Balaban J connectivity index is -0.000000341. The van der Waals surface area contributed by atoms with Crippen LogP contribution in [0.4, 0.5) is 4.79 Å². The number of aliphatic hydroxyl groups excluding tert-OH is 1. The minimum Gasteiger partial charge on any atom is -0.465 e. The SMILES string of the molecule is C=CC(=O)N(C)C.C=CC(=O)N(CC)CC.C=CC(=O)N1CCOCC1.C=CC(=O)NC(C)C.C=CC(=O)NCCCN(C)C.C=CC(=O)NCCO.C=CC(=O)OCC(COC(=O)C=C)(COC(=O)C=C)COC(=O)CCC1(C)CC(NC(=O)OCC(COC(=O)C=C)(COC(=O)C=C)COC(=O)C=C)CC(C)(C)C1.C=CN(C)C(C)=O.C=CN1CCCC1=O.C=CN1CCCCCC1=O.C=CNC=O. The van der Waals surface area contributed by atoms with Crippen molar-refractivity contribution in [3.8, 4) is 0 Å². The summed E-state index contributed by atoms with van der Waals surface area (Å²) in [6.07, 6.45) is 27.4. The molecule has 792 valence electrons. The van der Waals surface area contributed by atoms with Crippen molar-refractivity contribution in [1.82, 2.24) is 60.9 Å². The normalized spacial score (nSPS) is 14.1. The van der Waals surface area contributed by atoms with Crippen molar-refractivity contribution in [2.24, 2.45) is 21.7 Å². The Labute approximate surface area is 834 Å². The molecule has 1 aliphatic carbocycles. The third kappa shape index (κ3) is 78.6. The Bertz CT molecular complexity index is 3890. The lowest BCUT2D eigenvalue weighted by atomic mass is 9.61. The number of carbonyl (C=O) groups is 18. The van der Waals surface area contributed by atoms with E-state index >= 15 is 0 Å². The molecular formula is C101H160N12O28. The third-order valence-electron chi connectivity index (χ3n) is 18.8. The average molecular weight is 1990 g/mol. The van der Waals surface area contributed by atoms with Crippen molar-refractivity contribution in [3.05, 3.63) is 203 Å². The van der Waals surface area contributed by atoms with E-state index in [9.17, 15) is 86.3 Å². The van der Waals surface area contributed by atoms with Crippen molar-refractivity contribution in [3.63, 3.8) is 0 Å². The van der Waals surface area contributed by atoms with E-state index in [1.807, 2.05) is 62.6 Å². The second-order valence-electron chi connectivity index (χ2n) is 32.3. The van der Waals surface area contributed by atoms with Crippen LogP contribution in [-0.2, 0) is 124 Å². The van der Waals surface area contributed by atoms with Gasteiger partial charge in [0.15, 0.2) is 0 Å². The number of likely N-dealkylation sites (N-methyl/N-ethyl adjacent to an activating group) is 2. The lowest BCUT2D eigenvalue weighted by molar-refractivity contribution is -0.167. The van der Waals surface area contributed by atoms with Gasteiger partial charge in [-0.05, 0) is 172 Å². The predicted octanol–water partition coefficient (Wildman–Crippen LogP) is 8.29. The fraction of sp³-hybridized carbons (Fsp3) is 0.505. The maximum absolute atomic E-state index is 13.3. The molecule has 11 amide bonds. The monoisotopic (exact) mass is 1990 g/mol. The molecule has 0 aromatic rings. The number of hydrogen-bond acceptors (Lipinski definition) is 29. The fourth-order valence-electron chi connectivity index (χ4n) is 11.5. The largest absolute Gasteiger partial charge is 0.465 e. The van der Waals surface area contributed by atoms with Gasteiger partial charge in [-0.25, -0.2) is 33.6 Å². The average Bonchev–Trinajstić information content (AvgIpc) is 1.42. The summed E-state index contributed by atoms with van der Waals surface area (Å²) in [7, 11) is 9.05. The first-order chi connectivity index (χ1) is 66.4. The minimum atomic E-state index is -1.53. The summed E-state index contributed by atoms with van der Waals surface area (Å²) in [6, 6.07) is -0.228. The number of ether oxygens (including phenoxy) is 9. The summed E-state index contributed by atoms with van der Waals surface area (Å²) >= 11 is 0. The van der Waals surface area contributed by atoms with Crippen LogP contribution in [0.25, 0.3) is 0 Å². The van der Waals surface area contributed by atoms with Crippen molar-refractivity contribution in [2.75, 3.05) is 167 Å². The molecule has 0 aromatic carbocycles. The van der Waals surface area contributed by atoms with Gasteiger partial charge in [0.2, 0.25) is 59.6 Å². The molecule has 40 heteroatoms. The van der Waals surface area contributed by atoms with Gasteiger partial charge in [-0.1, -0.05) is 132 Å². The molecule has 3 aliphatic heterocycles. The quantitative estimate of drug-likeness (QED) is 0.0110. The molecular weight excluding hydrogens is 1830 g/mol. The first-order valence-corrected chi connectivity index (χ1v) is 45.0. The smallest absolute Gasteiger partial charge is 0.407 e. The number of nitrogens with one attached hydrogen (secondary N) is 5.